The highest BCUT2D eigenvalue weighted by Crippen LogP contribution is 2.66. The second-order valence-electron chi connectivity index (χ2n) is 36.6. The number of ether oxygens (including phenoxy) is 2. The third kappa shape index (κ3) is 27.2. The number of carbonyl (C=O) groups is 16. The number of hydroxylamine groups is 2. The first-order valence-corrected chi connectivity index (χ1v) is 40.3. The number of benzene rings is 2. The fourth-order valence-corrected chi connectivity index (χ4v) is 14.4. The van der Waals surface area contributed by atoms with Crippen molar-refractivity contribution in [2.75, 3.05) is 54.4 Å². The lowest BCUT2D eigenvalue weighted by Gasteiger charge is -2.38. The summed E-state index contributed by atoms with van der Waals surface area (Å²) in [4.78, 5) is 215. The Hall–Kier alpha value is -10.0. The second-order valence-corrected chi connectivity index (χ2v) is 36.6. The third-order valence-corrected chi connectivity index (χ3v) is 22.6. The molecule has 0 spiro atoms. The second kappa shape index (κ2) is 41.7. The first kappa shape index (κ1) is 105. The number of alkyl carbamates (subject to hydrolysis) is 1. The lowest BCUT2D eigenvalue weighted by atomic mass is 9.85. The molecular formula is C84H136ClF6N13O19. The van der Waals surface area contributed by atoms with Gasteiger partial charge in [0.1, 0.15) is 30.2 Å². The van der Waals surface area contributed by atoms with Gasteiger partial charge in [0.25, 0.3) is 23.6 Å². The number of carbonyl (C=O) groups excluding carboxylic acids is 16. The summed E-state index contributed by atoms with van der Waals surface area (Å²) in [6.07, 6.45) is -8.22. The molecule has 39 heteroatoms. The number of amides is 13. The van der Waals surface area contributed by atoms with E-state index in [1.165, 1.54) is 35.2 Å². The van der Waals surface area contributed by atoms with E-state index >= 15 is 0 Å². The summed E-state index contributed by atoms with van der Waals surface area (Å²) in [6, 6.07) is 8.68. The van der Waals surface area contributed by atoms with Gasteiger partial charge in [-0.15, -0.1) is 12.4 Å². The van der Waals surface area contributed by atoms with Crippen LogP contribution in [0, 0.1) is 57.2 Å². The molecular weight excluding hydrogens is 1640 g/mol. The highest BCUT2D eigenvalue weighted by Gasteiger charge is 2.71. The van der Waals surface area contributed by atoms with Crippen LogP contribution in [0.15, 0.2) is 60.7 Å². The number of nitrogens with one attached hydrogen (secondary N) is 7. The molecule has 32 nitrogen and oxygen atoms in total. The Balaban J connectivity index is -0.00000193. The summed E-state index contributed by atoms with van der Waals surface area (Å²) in [5.74, 6) is -10.1. The first-order chi connectivity index (χ1) is 55.7. The van der Waals surface area contributed by atoms with Crippen LogP contribution in [0.2, 0.25) is 0 Å². The maximum atomic E-state index is 14.2. The monoisotopic (exact) mass is 1780 g/mol. The summed E-state index contributed by atoms with van der Waals surface area (Å²) in [5.41, 5.74) is -0.294. The van der Waals surface area contributed by atoms with E-state index in [-0.39, 0.29) is 124 Å². The number of hydrogen-bond donors (Lipinski definition) is 8. The highest BCUT2D eigenvalue weighted by molar-refractivity contribution is 6.39. The van der Waals surface area contributed by atoms with Gasteiger partial charge in [-0.2, -0.15) is 26.3 Å². The minimum Gasteiger partial charge on any atom is -0.434 e. The zero-order valence-electron chi connectivity index (χ0n) is 72.8. The van der Waals surface area contributed by atoms with Gasteiger partial charge in [0.05, 0.1) is 31.2 Å². The number of halogens is 7. The summed E-state index contributed by atoms with van der Waals surface area (Å²) in [6.45, 7) is 24.6. The van der Waals surface area contributed by atoms with Crippen molar-refractivity contribution < 1.29 is 126 Å². The predicted octanol–water partition coefficient (Wildman–Crippen LogP) is 9.12. The SMILES string of the molecule is C.CC(C)(OC(=O)ON1C(=O)CCC1=O)C(F)(F)F.CCC.CN(C)C(=O)[C@@H](NC(=O)CNC(=O)C(=O)C(CC1CC1)NC(=O)C1[C@@H]2[C@H](CN1C(=O)[C@@H](N)C(C)(C)C)C2(C)C)c1ccccc1.CN(C)C(=O)[C@@H](NC(=O)CNC(=O)C(=O)C(CC1CC1)NC(=O)C1[C@@H]2[C@H](CN1C(=O)[C@@H](NC(=O)OC(C)(C)C(F)(F)F)C(C)(C)C)C2(C)C)c1ccccc1.Cl.[HH].[HH].[HH].[HH].[HH].[HH]. The lowest BCUT2D eigenvalue weighted by molar-refractivity contribution is -0.256. The number of ketones is 2. The molecule has 7 aliphatic rings. The normalized spacial score (nSPS) is 21.0. The number of nitrogens with two attached hydrogens (primary N) is 1. The standard InChI is InChI=1S/C38H53F3N6O8.C33H48N6O6.C9H10F3NO5.C3H8.CH4.ClH.6H2/c1-35(2,3)29(45-34(54)55-37(6,7)38(39,40)41)33(53)47-19-22-25(36(22,4)5)27(47)30(50)43-23(17-20-15-16-20)28(49)31(51)42-18-24(48)44-26(32(52)46(8)9)21-13-11-10-12-14-21;1-32(2,3)27(34)31(45)39-17-20-23(33(20,4)5)25(39)28(42)36-21(15-18-13-14-18)26(41)29(43)35-16-22(40)37-24(30(44)38(6)7)19-11-9-8-10-12-19;1-8(2,9(10,11)12)17-7(16)18-13-5(14)3-4-6(13)15;1-3-2;;;;;;;;/h10-14,20,22-23,25-27,29H,15-19H2,1-9H3,(H,42,51)(H,43,50)(H,44,48)(H,45,54);8-12,18,20-21,23-25,27H,13-17,34H2,1-7H3,(H,35,43)(H,36,42)(H,37,40);3-4H2,1-2H3;3H2,1-2H3;1H4;7*1H/t22-,23?,25-,26-,27?,29+;20-,21?,23-,24-,25?,27+;;;;;;;;;;/m00........../s1. The van der Waals surface area contributed by atoms with Crippen molar-refractivity contribution in [1.29, 1.82) is 0 Å². The van der Waals surface area contributed by atoms with Crippen LogP contribution in [-0.4, -0.2) is 234 Å². The van der Waals surface area contributed by atoms with Gasteiger partial charge in [-0.25, -0.2) is 9.59 Å². The van der Waals surface area contributed by atoms with Crippen LogP contribution in [0.3, 0.4) is 0 Å². The summed E-state index contributed by atoms with van der Waals surface area (Å²) in [5, 5.41) is 17.8. The zero-order chi connectivity index (χ0) is 91.7. The van der Waals surface area contributed by atoms with Crippen molar-refractivity contribution in [3.8, 4) is 0 Å². The number of piperidine rings is 2. The molecule has 4 aliphatic carbocycles. The molecule has 3 saturated heterocycles. The quantitative estimate of drug-likeness (QED) is 0.0170. The van der Waals surface area contributed by atoms with Gasteiger partial charge in [-0.3, -0.25) is 72.0 Å². The number of alkyl halides is 6. The molecule has 2 aromatic carbocycles. The maximum absolute atomic E-state index is 14.2. The van der Waals surface area contributed by atoms with Gasteiger partial charge in [0, 0.05) is 62.7 Å². The van der Waals surface area contributed by atoms with E-state index in [1.807, 2.05) is 34.6 Å². The number of fused-ring (bicyclic) bond motifs is 2. The molecule has 3 aliphatic heterocycles. The molecule has 700 valence electrons. The number of likely N-dealkylation sites (N-methyl/N-ethyl adjacent to an activating group) is 2. The number of imide groups is 1. The maximum Gasteiger partial charge on any atom is 0.534 e. The Bertz CT molecular complexity index is 4200. The van der Waals surface area contributed by atoms with E-state index in [4.69, 9.17) is 5.73 Å². The Labute approximate surface area is 729 Å². The average molecular weight is 1780 g/mol. The van der Waals surface area contributed by atoms with Gasteiger partial charge < -0.3 is 72.0 Å². The molecule has 13 amide bonds. The molecule has 0 aromatic heterocycles. The van der Waals surface area contributed by atoms with Crippen molar-refractivity contribution in [1.82, 2.24) is 61.9 Å². The molecule has 4 saturated carbocycles. The smallest absolute Gasteiger partial charge is 0.434 e. The number of nitrogens with zero attached hydrogens (tertiary/aromatic N) is 5. The fourth-order valence-electron chi connectivity index (χ4n) is 14.4. The molecule has 9 rings (SSSR count). The van der Waals surface area contributed by atoms with E-state index in [0.29, 0.717) is 45.4 Å². The van der Waals surface area contributed by atoms with E-state index in [0.717, 1.165) is 25.7 Å². The Morgan fingerprint density at radius 3 is 1.19 bits per heavy atom. The van der Waals surface area contributed by atoms with Gasteiger partial charge in [-0.05, 0) is 109 Å². The van der Waals surface area contributed by atoms with Gasteiger partial charge in [0.15, 0.2) is 0 Å². The molecule has 4 unspecified atom stereocenters. The Morgan fingerprint density at radius 1 is 0.528 bits per heavy atom. The lowest BCUT2D eigenvalue weighted by Crippen LogP contribution is -2.61. The largest absolute Gasteiger partial charge is 0.534 e. The van der Waals surface area contributed by atoms with Crippen molar-refractivity contribution in [3.05, 3.63) is 71.8 Å². The molecule has 3 heterocycles. The van der Waals surface area contributed by atoms with Crippen molar-refractivity contribution in [2.24, 2.45) is 62.9 Å². The van der Waals surface area contributed by atoms with Crippen LogP contribution in [0.25, 0.3) is 0 Å². The van der Waals surface area contributed by atoms with Gasteiger partial charge in [0.2, 0.25) is 70.0 Å². The summed E-state index contributed by atoms with van der Waals surface area (Å²) >= 11 is 0. The van der Waals surface area contributed by atoms with Gasteiger partial charge >= 0.3 is 24.6 Å². The van der Waals surface area contributed by atoms with E-state index in [9.17, 15) is 103 Å². The van der Waals surface area contributed by atoms with Crippen molar-refractivity contribution in [3.63, 3.8) is 0 Å². The molecule has 12 atom stereocenters. The summed E-state index contributed by atoms with van der Waals surface area (Å²) < 4.78 is 86.2. The van der Waals surface area contributed by atoms with Crippen LogP contribution in [-0.2, 0) is 81.4 Å². The fraction of sp³-hybridized carbons (Fsp3) is 0.667. The molecule has 0 radical (unpaired) electrons. The van der Waals surface area contributed by atoms with E-state index in [1.54, 1.807) is 100 Å². The van der Waals surface area contributed by atoms with E-state index < -0.39 is 179 Å². The average Bonchev–Trinajstić information content (AvgIpc) is 1.53. The molecule has 9 N–H and O–H groups in total. The highest BCUT2D eigenvalue weighted by atomic mass is 35.5. The predicted molar refractivity (Wildman–Crippen MR) is 451 cm³/mol. The van der Waals surface area contributed by atoms with Crippen LogP contribution in [0.5, 0.6) is 0 Å². The minimum atomic E-state index is -4.88. The molecule has 0 bridgehead atoms. The minimum absolute atomic E-state index is 0. The Kier molecular flexibility index (Phi) is 35.7. The molecule has 123 heavy (non-hydrogen) atoms. The topological polar surface area (TPSA) is 427 Å². The van der Waals surface area contributed by atoms with Crippen molar-refractivity contribution >= 4 is 107 Å². The number of Topliss-reactive ketones (excluding diaryl/α,β-unsaturated/α-hetero) is 2. The molecule has 2 aromatic rings. The van der Waals surface area contributed by atoms with Gasteiger partial charge in [-0.1, -0.05) is 188 Å². The number of likely N-dealkylation sites (tertiary alicyclic amines) is 2. The van der Waals surface area contributed by atoms with Crippen LogP contribution < -0.4 is 43.0 Å². The third-order valence-electron chi connectivity index (χ3n) is 22.6. The van der Waals surface area contributed by atoms with Crippen LogP contribution in [0.4, 0.5) is 35.9 Å². The van der Waals surface area contributed by atoms with Crippen LogP contribution in [0.1, 0.15) is 208 Å². The Morgan fingerprint density at radius 2 is 0.870 bits per heavy atom. The summed E-state index contributed by atoms with van der Waals surface area (Å²) in [7, 11) is 6.21. The van der Waals surface area contributed by atoms with Crippen LogP contribution >= 0.6 is 12.4 Å². The van der Waals surface area contributed by atoms with Crippen molar-refractivity contribution in [2.45, 2.75) is 248 Å². The number of rotatable bonds is 28. The first-order valence-electron chi connectivity index (χ1n) is 40.3. The zero-order valence-corrected chi connectivity index (χ0v) is 73.6. The molecule has 7 fully saturated rings. The van der Waals surface area contributed by atoms with E-state index in [2.05, 4.69) is 79.2 Å². The number of hydrogen-bond acceptors (Lipinski definition) is 20.